The molecule has 0 amide bonds. The summed E-state index contributed by atoms with van der Waals surface area (Å²) in [5.41, 5.74) is 2.06. The standard InChI is InChI=1S/C20H18O4/c1-12-9-13(2)17-16(10-12)20(19(23)24-17,11-14(3)18(21)22)15-7-5-4-6-8-15/h4-10H,3,11H2,1-2H3,(H,21,22). The van der Waals surface area contributed by atoms with E-state index in [2.05, 4.69) is 6.58 Å². The molecule has 2 aromatic carbocycles. The largest absolute Gasteiger partial charge is 0.478 e. The van der Waals surface area contributed by atoms with Gasteiger partial charge in [0.1, 0.15) is 11.2 Å². The van der Waals surface area contributed by atoms with Gasteiger partial charge in [-0.1, -0.05) is 54.6 Å². The minimum absolute atomic E-state index is 0.0252. The van der Waals surface area contributed by atoms with E-state index in [0.717, 1.165) is 11.1 Å². The second kappa shape index (κ2) is 5.64. The van der Waals surface area contributed by atoms with E-state index in [-0.39, 0.29) is 12.0 Å². The number of aliphatic carboxylic acids is 1. The number of hydrogen-bond acceptors (Lipinski definition) is 3. The van der Waals surface area contributed by atoms with Crippen LogP contribution >= 0.6 is 0 Å². The lowest BCUT2D eigenvalue weighted by atomic mass is 9.71. The maximum Gasteiger partial charge on any atom is 0.331 e. The monoisotopic (exact) mass is 322 g/mol. The molecule has 0 fully saturated rings. The zero-order chi connectivity index (χ0) is 17.5. The van der Waals surface area contributed by atoms with E-state index in [0.29, 0.717) is 16.9 Å². The Labute approximate surface area is 140 Å². The molecule has 0 bridgehead atoms. The lowest BCUT2D eigenvalue weighted by Crippen LogP contribution is -2.36. The smallest absolute Gasteiger partial charge is 0.331 e. The normalized spacial score (nSPS) is 18.8. The Morgan fingerprint density at radius 2 is 1.88 bits per heavy atom. The summed E-state index contributed by atoms with van der Waals surface area (Å²) in [6, 6.07) is 13.0. The van der Waals surface area contributed by atoms with Gasteiger partial charge in [-0.05, 0) is 25.0 Å². The first-order chi connectivity index (χ1) is 11.4. The van der Waals surface area contributed by atoms with Crippen LogP contribution in [-0.4, -0.2) is 17.0 Å². The Bertz CT molecular complexity index is 851. The third-order valence-electron chi connectivity index (χ3n) is 4.47. The molecule has 0 radical (unpaired) electrons. The quantitative estimate of drug-likeness (QED) is 0.531. The van der Waals surface area contributed by atoms with Gasteiger partial charge in [-0.2, -0.15) is 0 Å². The predicted octanol–water partition coefficient (Wildman–Crippen LogP) is 3.54. The molecular weight excluding hydrogens is 304 g/mol. The summed E-state index contributed by atoms with van der Waals surface area (Å²) in [5, 5.41) is 9.30. The van der Waals surface area contributed by atoms with Crippen LogP contribution in [0.15, 0.2) is 54.6 Å². The van der Waals surface area contributed by atoms with Crippen LogP contribution in [0.3, 0.4) is 0 Å². The van der Waals surface area contributed by atoms with E-state index >= 15 is 0 Å². The molecule has 1 aliphatic rings. The van der Waals surface area contributed by atoms with Crippen molar-refractivity contribution in [1.82, 2.24) is 0 Å². The maximum atomic E-state index is 12.9. The summed E-state index contributed by atoms with van der Waals surface area (Å²) in [4.78, 5) is 24.3. The highest BCUT2D eigenvalue weighted by Gasteiger charge is 2.51. The number of esters is 1. The van der Waals surface area contributed by atoms with E-state index in [1.54, 1.807) is 0 Å². The van der Waals surface area contributed by atoms with Crippen molar-refractivity contribution in [3.63, 3.8) is 0 Å². The number of carboxylic acid groups (broad SMARTS) is 1. The second-order valence-corrected chi connectivity index (χ2v) is 6.20. The fourth-order valence-corrected chi connectivity index (χ4v) is 3.36. The predicted molar refractivity (Wildman–Crippen MR) is 90.2 cm³/mol. The van der Waals surface area contributed by atoms with Crippen molar-refractivity contribution in [3.05, 3.63) is 76.9 Å². The lowest BCUT2D eigenvalue weighted by Gasteiger charge is -2.27. The molecular formula is C20H18O4. The van der Waals surface area contributed by atoms with Gasteiger partial charge in [0.2, 0.25) is 0 Å². The molecule has 4 heteroatoms. The zero-order valence-electron chi connectivity index (χ0n) is 13.6. The first kappa shape index (κ1) is 16.0. The van der Waals surface area contributed by atoms with Crippen LogP contribution in [-0.2, 0) is 15.0 Å². The Balaban J connectivity index is 2.30. The molecule has 1 aliphatic heterocycles. The number of benzene rings is 2. The summed E-state index contributed by atoms with van der Waals surface area (Å²) >= 11 is 0. The first-order valence-electron chi connectivity index (χ1n) is 7.67. The molecule has 1 N–H and O–H groups in total. The van der Waals surface area contributed by atoms with E-state index in [1.165, 1.54) is 0 Å². The van der Waals surface area contributed by atoms with Gasteiger partial charge in [-0.15, -0.1) is 0 Å². The van der Waals surface area contributed by atoms with Gasteiger partial charge in [0.15, 0.2) is 0 Å². The fraction of sp³-hybridized carbons (Fsp3) is 0.200. The topological polar surface area (TPSA) is 63.6 Å². The molecule has 24 heavy (non-hydrogen) atoms. The van der Waals surface area contributed by atoms with Gasteiger partial charge in [0.25, 0.3) is 0 Å². The molecule has 0 saturated carbocycles. The molecule has 2 aromatic rings. The van der Waals surface area contributed by atoms with Crippen molar-refractivity contribution in [2.75, 3.05) is 0 Å². The van der Waals surface area contributed by atoms with Crippen LogP contribution in [0.4, 0.5) is 0 Å². The number of carbonyl (C=O) groups excluding carboxylic acids is 1. The summed E-state index contributed by atoms with van der Waals surface area (Å²) in [6.45, 7) is 7.46. The first-order valence-corrected chi connectivity index (χ1v) is 7.67. The molecule has 0 saturated heterocycles. The van der Waals surface area contributed by atoms with Crippen molar-refractivity contribution < 1.29 is 19.4 Å². The molecule has 1 heterocycles. The lowest BCUT2D eigenvalue weighted by molar-refractivity contribution is -0.137. The molecule has 0 aromatic heterocycles. The van der Waals surface area contributed by atoms with Crippen LogP contribution in [0.1, 0.15) is 28.7 Å². The number of fused-ring (bicyclic) bond motifs is 1. The molecule has 0 aliphatic carbocycles. The fourth-order valence-electron chi connectivity index (χ4n) is 3.36. The molecule has 122 valence electrons. The van der Waals surface area contributed by atoms with E-state index < -0.39 is 17.4 Å². The molecule has 1 atom stereocenters. The summed E-state index contributed by atoms with van der Waals surface area (Å²) in [6.07, 6.45) is -0.0267. The van der Waals surface area contributed by atoms with Gasteiger partial charge >= 0.3 is 11.9 Å². The van der Waals surface area contributed by atoms with E-state index in [9.17, 15) is 14.7 Å². The molecule has 4 nitrogen and oxygen atoms in total. The van der Waals surface area contributed by atoms with Gasteiger partial charge in [0, 0.05) is 17.6 Å². The number of carboxylic acids is 1. The van der Waals surface area contributed by atoms with Crippen LogP contribution in [0.2, 0.25) is 0 Å². The third-order valence-corrected chi connectivity index (χ3v) is 4.47. The number of hydrogen-bond donors (Lipinski definition) is 1. The number of aryl methyl sites for hydroxylation is 2. The Morgan fingerprint density at radius 1 is 1.21 bits per heavy atom. The minimum atomic E-state index is -1.18. The third kappa shape index (κ3) is 2.31. The summed E-state index contributed by atoms with van der Waals surface area (Å²) in [5.74, 6) is -1.05. The number of carbonyl (C=O) groups is 2. The Kier molecular flexibility index (Phi) is 3.76. The Hall–Kier alpha value is -2.88. The van der Waals surface area contributed by atoms with Crippen molar-refractivity contribution in [2.24, 2.45) is 0 Å². The summed E-state index contributed by atoms with van der Waals surface area (Å²) < 4.78 is 5.57. The molecule has 3 rings (SSSR count). The van der Waals surface area contributed by atoms with Crippen LogP contribution < -0.4 is 4.74 Å². The minimum Gasteiger partial charge on any atom is -0.478 e. The van der Waals surface area contributed by atoms with E-state index in [1.807, 2.05) is 56.3 Å². The van der Waals surface area contributed by atoms with Crippen molar-refractivity contribution in [3.8, 4) is 5.75 Å². The SMILES string of the molecule is C=C(CC1(c2ccccc2)C(=O)Oc2c(C)cc(C)cc21)C(=O)O. The Morgan fingerprint density at radius 3 is 2.50 bits per heavy atom. The highest BCUT2D eigenvalue weighted by molar-refractivity contribution is 5.97. The average Bonchev–Trinajstić information content (AvgIpc) is 2.82. The number of ether oxygens (including phenoxy) is 1. The molecule has 0 spiro atoms. The van der Waals surface area contributed by atoms with Gasteiger partial charge < -0.3 is 9.84 Å². The van der Waals surface area contributed by atoms with E-state index in [4.69, 9.17) is 4.74 Å². The average molecular weight is 322 g/mol. The van der Waals surface area contributed by atoms with Crippen LogP contribution in [0.25, 0.3) is 0 Å². The van der Waals surface area contributed by atoms with Gasteiger partial charge in [-0.3, -0.25) is 4.79 Å². The van der Waals surface area contributed by atoms with Crippen molar-refractivity contribution in [1.29, 1.82) is 0 Å². The van der Waals surface area contributed by atoms with Gasteiger partial charge in [-0.25, -0.2) is 4.79 Å². The van der Waals surface area contributed by atoms with Crippen LogP contribution in [0.5, 0.6) is 5.75 Å². The zero-order valence-corrected chi connectivity index (χ0v) is 13.6. The number of rotatable bonds is 4. The van der Waals surface area contributed by atoms with Crippen LogP contribution in [0, 0.1) is 13.8 Å². The highest BCUT2D eigenvalue weighted by atomic mass is 16.5. The maximum absolute atomic E-state index is 12.9. The van der Waals surface area contributed by atoms with Gasteiger partial charge in [0.05, 0.1) is 0 Å². The summed E-state index contributed by atoms with van der Waals surface area (Å²) in [7, 11) is 0. The van der Waals surface area contributed by atoms with Crippen molar-refractivity contribution >= 4 is 11.9 Å². The molecule has 1 unspecified atom stereocenters. The highest BCUT2D eigenvalue weighted by Crippen LogP contribution is 2.49. The second-order valence-electron chi connectivity index (χ2n) is 6.20. The van der Waals surface area contributed by atoms with Crippen molar-refractivity contribution in [2.45, 2.75) is 25.7 Å².